The average Bonchev–Trinajstić information content (AvgIpc) is 2.93. The van der Waals surface area contributed by atoms with Gasteiger partial charge in [-0.15, -0.1) is 40.1 Å². The first-order chi connectivity index (χ1) is 8.74. The number of benzene rings is 1. The molecule has 0 atom stereocenters. The third kappa shape index (κ3) is 3.24. The molecule has 2 heterocycles. The van der Waals surface area contributed by atoms with Crippen molar-refractivity contribution in [2.24, 2.45) is 0 Å². The lowest BCUT2D eigenvalue weighted by atomic mass is 10.2. The van der Waals surface area contributed by atoms with Crippen LogP contribution < -0.4 is 0 Å². The molecule has 0 saturated heterocycles. The minimum Gasteiger partial charge on any atom is -0.284 e. The number of fused-ring (bicyclic) bond motifs is 1. The fourth-order valence-electron chi connectivity index (χ4n) is 1.68. The zero-order chi connectivity index (χ0) is 12.5. The van der Waals surface area contributed by atoms with Crippen molar-refractivity contribution in [2.75, 3.05) is 0 Å². The second kappa shape index (κ2) is 6.43. The predicted octanol–water partition coefficient (Wildman–Crippen LogP) is 5.34. The van der Waals surface area contributed by atoms with Crippen LogP contribution in [0.5, 0.6) is 0 Å². The monoisotopic (exact) mass is 418 g/mol. The fourth-order valence-corrected chi connectivity index (χ4v) is 4.07. The summed E-state index contributed by atoms with van der Waals surface area (Å²) < 4.78 is 3.15. The lowest BCUT2D eigenvalue weighted by Gasteiger charge is -2.00. The van der Waals surface area contributed by atoms with E-state index >= 15 is 0 Å². The van der Waals surface area contributed by atoms with Gasteiger partial charge in [0.1, 0.15) is 4.60 Å². The Labute approximate surface area is 139 Å². The fraction of sp³-hybridized carbons (Fsp3) is 0.154. The number of hydrogen-bond acceptors (Lipinski definition) is 3. The van der Waals surface area contributed by atoms with Gasteiger partial charge in [-0.3, -0.25) is 4.40 Å². The molecule has 0 radical (unpaired) electrons. The first kappa shape index (κ1) is 15.1. The maximum absolute atomic E-state index is 4.62. The zero-order valence-corrected chi connectivity index (χ0v) is 15.1. The molecule has 3 aromatic rings. The van der Waals surface area contributed by atoms with E-state index in [-0.39, 0.29) is 17.0 Å². The molecule has 3 rings (SSSR count). The Morgan fingerprint density at radius 2 is 2.05 bits per heavy atom. The van der Waals surface area contributed by atoms with Gasteiger partial charge in [-0.1, -0.05) is 17.7 Å². The van der Waals surface area contributed by atoms with Gasteiger partial charge in [-0.2, -0.15) is 0 Å². The summed E-state index contributed by atoms with van der Waals surface area (Å²) >= 11 is 7.08. The van der Waals surface area contributed by atoms with Crippen LogP contribution >= 0.6 is 56.0 Å². The number of nitrogens with zero attached hydrogens (tertiary/aromatic N) is 2. The van der Waals surface area contributed by atoms with Crippen LogP contribution in [0.15, 0.2) is 45.3 Å². The van der Waals surface area contributed by atoms with Crippen molar-refractivity contribution in [2.45, 2.75) is 17.6 Å². The molecule has 0 N–H and O–H groups in total. The molecule has 6 heteroatoms. The highest BCUT2D eigenvalue weighted by atomic mass is 79.9. The van der Waals surface area contributed by atoms with Crippen molar-refractivity contribution in [1.29, 1.82) is 0 Å². The minimum atomic E-state index is 0. The molecular formula is C13H12Br2N2S2. The molecule has 0 unspecified atom stereocenters. The Bertz CT molecular complexity index is 674. The molecule has 0 aliphatic rings. The predicted molar refractivity (Wildman–Crippen MR) is 91.8 cm³/mol. The SMILES string of the molecule is Br.Cc1ccc(SCc2nc3sccn3c2Br)cc1. The lowest BCUT2D eigenvalue weighted by molar-refractivity contribution is 1.16. The van der Waals surface area contributed by atoms with Crippen LogP contribution in [0.25, 0.3) is 4.96 Å². The van der Waals surface area contributed by atoms with Gasteiger partial charge >= 0.3 is 0 Å². The Hall–Kier alpha value is -0.300. The number of aryl methyl sites for hydroxylation is 1. The molecular weight excluding hydrogens is 408 g/mol. The van der Waals surface area contributed by atoms with E-state index in [1.807, 2.05) is 23.3 Å². The molecule has 2 aromatic heterocycles. The highest BCUT2D eigenvalue weighted by molar-refractivity contribution is 9.10. The normalized spacial score (nSPS) is 10.6. The quantitative estimate of drug-likeness (QED) is 0.533. The van der Waals surface area contributed by atoms with Gasteiger partial charge in [0, 0.05) is 22.2 Å². The Morgan fingerprint density at radius 1 is 1.32 bits per heavy atom. The number of rotatable bonds is 3. The topological polar surface area (TPSA) is 17.3 Å². The molecule has 100 valence electrons. The smallest absolute Gasteiger partial charge is 0.194 e. The van der Waals surface area contributed by atoms with Gasteiger partial charge in [0.05, 0.1) is 5.69 Å². The number of thioether (sulfide) groups is 1. The van der Waals surface area contributed by atoms with Crippen molar-refractivity contribution < 1.29 is 0 Å². The summed E-state index contributed by atoms with van der Waals surface area (Å²) in [5.41, 5.74) is 2.40. The molecule has 0 fully saturated rings. The molecule has 0 saturated carbocycles. The summed E-state index contributed by atoms with van der Waals surface area (Å²) in [6.45, 7) is 2.11. The van der Waals surface area contributed by atoms with Gasteiger partial charge < -0.3 is 0 Å². The van der Waals surface area contributed by atoms with E-state index in [4.69, 9.17) is 0 Å². The van der Waals surface area contributed by atoms with Crippen molar-refractivity contribution >= 4 is 61.0 Å². The molecule has 0 bridgehead atoms. The van der Waals surface area contributed by atoms with E-state index in [9.17, 15) is 0 Å². The van der Waals surface area contributed by atoms with E-state index in [2.05, 4.69) is 56.5 Å². The van der Waals surface area contributed by atoms with Gasteiger partial charge in [0.15, 0.2) is 4.96 Å². The second-order valence-electron chi connectivity index (χ2n) is 4.01. The summed E-state index contributed by atoms with van der Waals surface area (Å²) in [6.07, 6.45) is 2.04. The van der Waals surface area contributed by atoms with E-state index in [0.717, 1.165) is 21.0 Å². The maximum atomic E-state index is 4.62. The summed E-state index contributed by atoms with van der Waals surface area (Å²) in [7, 11) is 0. The van der Waals surface area contributed by atoms with Crippen LogP contribution in [-0.2, 0) is 5.75 Å². The maximum Gasteiger partial charge on any atom is 0.194 e. The molecule has 0 aliphatic carbocycles. The van der Waals surface area contributed by atoms with Gasteiger partial charge in [0.25, 0.3) is 0 Å². The first-order valence-electron chi connectivity index (χ1n) is 5.53. The molecule has 0 spiro atoms. The molecule has 0 aliphatic heterocycles. The first-order valence-corrected chi connectivity index (χ1v) is 8.19. The van der Waals surface area contributed by atoms with Gasteiger partial charge in [-0.25, -0.2) is 4.98 Å². The largest absolute Gasteiger partial charge is 0.284 e. The van der Waals surface area contributed by atoms with Crippen molar-refractivity contribution in [3.63, 3.8) is 0 Å². The van der Waals surface area contributed by atoms with Crippen LogP contribution in [0.2, 0.25) is 0 Å². The third-order valence-electron chi connectivity index (χ3n) is 2.67. The van der Waals surface area contributed by atoms with Crippen LogP contribution in [0.4, 0.5) is 0 Å². The van der Waals surface area contributed by atoms with E-state index in [1.54, 1.807) is 11.3 Å². The number of hydrogen-bond donors (Lipinski definition) is 0. The Morgan fingerprint density at radius 3 is 2.74 bits per heavy atom. The third-order valence-corrected chi connectivity index (χ3v) is 5.29. The van der Waals surface area contributed by atoms with Crippen molar-refractivity contribution in [1.82, 2.24) is 9.38 Å². The van der Waals surface area contributed by atoms with E-state index < -0.39 is 0 Å². The van der Waals surface area contributed by atoms with Crippen molar-refractivity contribution in [3.05, 3.63) is 51.7 Å². The summed E-state index contributed by atoms with van der Waals surface area (Å²) in [6, 6.07) is 8.60. The van der Waals surface area contributed by atoms with E-state index in [0.29, 0.717) is 0 Å². The van der Waals surface area contributed by atoms with Crippen molar-refractivity contribution in [3.8, 4) is 0 Å². The number of aromatic nitrogens is 2. The summed E-state index contributed by atoms with van der Waals surface area (Å²) in [5.74, 6) is 0.887. The molecule has 1 aromatic carbocycles. The second-order valence-corrected chi connectivity index (χ2v) is 6.68. The zero-order valence-electron chi connectivity index (χ0n) is 10.2. The van der Waals surface area contributed by atoms with Crippen LogP contribution in [0, 0.1) is 6.92 Å². The van der Waals surface area contributed by atoms with Gasteiger partial charge in [0.2, 0.25) is 0 Å². The summed E-state index contributed by atoms with van der Waals surface area (Å²) in [5, 5.41) is 2.05. The van der Waals surface area contributed by atoms with Gasteiger partial charge in [-0.05, 0) is 35.0 Å². The average molecular weight is 420 g/mol. The highest BCUT2D eigenvalue weighted by Crippen LogP contribution is 2.28. The standard InChI is InChI=1S/C13H11BrN2S2.BrH/c1-9-2-4-10(5-3-9)18-8-11-12(14)16-6-7-17-13(16)15-11;/h2-7H,8H2,1H3;1H. The molecule has 2 nitrogen and oxygen atoms in total. The highest BCUT2D eigenvalue weighted by Gasteiger charge is 2.10. The van der Waals surface area contributed by atoms with Crippen LogP contribution in [0.3, 0.4) is 0 Å². The lowest BCUT2D eigenvalue weighted by Crippen LogP contribution is -1.83. The van der Waals surface area contributed by atoms with E-state index in [1.165, 1.54) is 10.5 Å². The number of imidazole rings is 1. The number of thiazole rings is 1. The summed E-state index contributed by atoms with van der Waals surface area (Å²) in [4.78, 5) is 6.94. The number of halogens is 2. The van der Waals surface area contributed by atoms with Crippen LogP contribution in [-0.4, -0.2) is 9.38 Å². The minimum absolute atomic E-state index is 0. The van der Waals surface area contributed by atoms with Crippen LogP contribution in [0.1, 0.15) is 11.3 Å². The molecule has 19 heavy (non-hydrogen) atoms. The Balaban J connectivity index is 0.00000133. The Kier molecular flexibility index (Phi) is 5.11. The molecule has 0 amide bonds.